The van der Waals surface area contributed by atoms with E-state index < -0.39 is 6.10 Å². The summed E-state index contributed by atoms with van der Waals surface area (Å²) in [7, 11) is 1.77. The second kappa shape index (κ2) is 9.80. The van der Waals surface area contributed by atoms with Crippen LogP contribution in [0.25, 0.3) is 0 Å². The molecule has 0 saturated heterocycles. The third-order valence-electron chi connectivity index (χ3n) is 4.33. The average Bonchev–Trinajstić information content (AvgIpc) is 2.67. The molecule has 5 nitrogen and oxygen atoms in total. The summed E-state index contributed by atoms with van der Waals surface area (Å²) in [6, 6.07) is 12.1. The Hall–Kier alpha value is -2.24. The number of benzene rings is 2. The van der Waals surface area contributed by atoms with Gasteiger partial charge < -0.3 is 15.0 Å². The Bertz CT molecular complexity index is 838. The largest absolute Gasteiger partial charge is 0.479 e. The Morgan fingerprint density at radius 1 is 1.07 bits per heavy atom. The molecule has 2 rings (SSSR count). The molecule has 2 amide bonds. The van der Waals surface area contributed by atoms with Crippen LogP contribution < -0.4 is 10.1 Å². The van der Waals surface area contributed by atoms with Crippen molar-refractivity contribution in [2.45, 2.75) is 39.5 Å². The van der Waals surface area contributed by atoms with E-state index >= 15 is 0 Å². The summed E-state index contributed by atoms with van der Waals surface area (Å²) >= 11 is 11.9. The minimum Gasteiger partial charge on any atom is -0.479 e. The van der Waals surface area contributed by atoms with Crippen molar-refractivity contribution < 1.29 is 14.3 Å². The summed E-state index contributed by atoms with van der Waals surface area (Å²) in [6.07, 6.45) is -0.723. The van der Waals surface area contributed by atoms with Gasteiger partial charge in [-0.3, -0.25) is 9.59 Å². The second-order valence-electron chi connectivity index (χ2n) is 6.76. The van der Waals surface area contributed by atoms with Gasteiger partial charge in [0.25, 0.3) is 11.8 Å². The van der Waals surface area contributed by atoms with E-state index in [1.54, 1.807) is 49.2 Å². The van der Waals surface area contributed by atoms with Crippen molar-refractivity contribution in [3.05, 3.63) is 63.6 Å². The molecule has 0 aliphatic carbocycles. The van der Waals surface area contributed by atoms with Crippen molar-refractivity contribution in [3.63, 3.8) is 0 Å². The Morgan fingerprint density at radius 2 is 1.71 bits per heavy atom. The molecule has 7 heteroatoms. The van der Waals surface area contributed by atoms with E-state index in [1.807, 2.05) is 26.0 Å². The van der Waals surface area contributed by atoms with Gasteiger partial charge in [0.15, 0.2) is 6.10 Å². The van der Waals surface area contributed by atoms with E-state index in [2.05, 4.69) is 5.32 Å². The minimum atomic E-state index is -0.723. The van der Waals surface area contributed by atoms with Gasteiger partial charge in [-0.2, -0.15) is 0 Å². The molecule has 0 aliphatic rings. The molecule has 1 unspecified atom stereocenters. The zero-order chi connectivity index (χ0) is 20.8. The smallest absolute Gasteiger partial charge is 0.261 e. The Kier molecular flexibility index (Phi) is 7.72. The average molecular weight is 423 g/mol. The highest BCUT2D eigenvalue weighted by Gasteiger charge is 2.17. The quantitative estimate of drug-likeness (QED) is 0.711. The third kappa shape index (κ3) is 5.88. The van der Waals surface area contributed by atoms with Crippen LogP contribution in [-0.4, -0.2) is 35.9 Å². The number of rotatable bonds is 7. The molecule has 0 bridgehead atoms. The number of amides is 2. The standard InChI is InChI=1S/C21H24Cl2N2O3/c1-13(2)25(4)21(27)16-7-5-15(6-8-16)12-24-20(26)14(3)28-19-10-9-17(22)11-18(19)23/h5-11,13-14H,12H2,1-4H3,(H,24,26). The van der Waals surface area contributed by atoms with Gasteiger partial charge in [-0.15, -0.1) is 0 Å². The predicted molar refractivity (Wildman–Crippen MR) is 112 cm³/mol. The van der Waals surface area contributed by atoms with Gasteiger partial charge in [0, 0.05) is 30.2 Å². The second-order valence-corrected chi connectivity index (χ2v) is 7.60. The number of hydrogen-bond acceptors (Lipinski definition) is 3. The van der Waals surface area contributed by atoms with E-state index in [4.69, 9.17) is 27.9 Å². The molecule has 0 radical (unpaired) electrons. The first-order chi connectivity index (χ1) is 13.2. The van der Waals surface area contributed by atoms with Crippen molar-refractivity contribution >= 4 is 35.0 Å². The van der Waals surface area contributed by atoms with E-state index in [0.29, 0.717) is 27.9 Å². The maximum absolute atomic E-state index is 12.3. The van der Waals surface area contributed by atoms with Gasteiger partial charge in [-0.25, -0.2) is 0 Å². The van der Waals surface area contributed by atoms with Crippen LogP contribution in [0.2, 0.25) is 10.0 Å². The zero-order valence-electron chi connectivity index (χ0n) is 16.3. The number of nitrogens with zero attached hydrogens (tertiary/aromatic N) is 1. The maximum atomic E-state index is 12.3. The molecular weight excluding hydrogens is 399 g/mol. The first-order valence-electron chi connectivity index (χ1n) is 8.94. The summed E-state index contributed by atoms with van der Waals surface area (Å²) in [4.78, 5) is 26.2. The normalized spacial score (nSPS) is 11.8. The Labute approximate surface area is 175 Å². The molecule has 0 saturated carbocycles. The topological polar surface area (TPSA) is 58.6 Å². The molecule has 28 heavy (non-hydrogen) atoms. The first-order valence-corrected chi connectivity index (χ1v) is 9.70. The molecule has 2 aromatic rings. The molecule has 1 N–H and O–H groups in total. The molecule has 0 spiro atoms. The molecule has 2 aromatic carbocycles. The minimum absolute atomic E-state index is 0.0348. The van der Waals surface area contributed by atoms with Crippen molar-refractivity contribution in [1.82, 2.24) is 10.2 Å². The highest BCUT2D eigenvalue weighted by atomic mass is 35.5. The Morgan fingerprint density at radius 3 is 2.29 bits per heavy atom. The van der Waals surface area contributed by atoms with Crippen LogP contribution >= 0.6 is 23.2 Å². The summed E-state index contributed by atoms with van der Waals surface area (Å²) in [5.74, 6) is 0.0871. The van der Waals surface area contributed by atoms with Gasteiger partial charge >= 0.3 is 0 Å². The molecular formula is C21H24Cl2N2O3. The molecule has 0 aliphatic heterocycles. The van der Waals surface area contributed by atoms with Crippen molar-refractivity contribution in [2.75, 3.05) is 7.05 Å². The van der Waals surface area contributed by atoms with Crippen LogP contribution in [0.5, 0.6) is 5.75 Å². The Balaban J connectivity index is 1.90. The summed E-state index contributed by atoms with van der Waals surface area (Å²) in [5, 5.41) is 3.65. The lowest BCUT2D eigenvalue weighted by atomic mass is 10.1. The van der Waals surface area contributed by atoms with Gasteiger partial charge in [0.2, 0.25) is 0 Å². The van der Waals surface area contributed by atoms with Gasteiger partial charge in [-0.05, 0) is 56.7 Å². The monoisotopic (exact) mass is 422 g/mol. The lowest BCUT2D eigenvalue weighted by Crippen LogP contribution is -2.36. The van der Waals surface area contributed by atoms with Gasteiger partial charge in [-0.1, -0.05) is 35.3 Å². The number of hydrogen-bond donors (Lipinski definition) is 1. The fourth-order valence-electron chi connectivity index (χ4n) is 2.35. The summed E-state index contributed by atoms with van der Waals surface area (Å²) in [5.41, 5.74) is 1.49. The third-order valence-corrected chi connectivity index (χ3v) is 4.86. The molecule has 1 atom stereocenters. The number of nitrogens with one attached hydrogen (secondary N) is 1. The highest BCUT2D eigenvalue weighted by molar-refractivity contribution is 6.35. The van der Waals surface area contributed by atoms with E-state index in [-0.39, 0.29) is 17.9 Å². The first kappa shape index (κ1) is 22.1. The summed E-state index contributed by atoms with van der Waals surface area (Å²) in [6.45, 7) is 5.89. The fourth-order valence-corrected chi connectivity index (χ4v) is 2.80. The fraction of sp³-hybridized carbons (Fsp3) is 0.333. The van der Waals surface area contributed by atoms with Gasteiger partial charge in [0.05, 0.1) is 5.02 Å². The molecule has 150 valence electrons. The maximum Gasteiger partial charge on any atom is 0.261 e. The van der Waals surface area contributed by atoms with Crippen molar-refractivity contribution in [2.24, 2.45) is 0 Å². The van der Waals surface area contributed by atoms with E-state index in [1.165, 1.54) is 0 Å². The number of ether oxygens (including phenoxy) is 1. The van der Waals surface area contributed by atoms with Crippen LogP contribution in [-0.2, 0) is 11.3 Å². The van der Waals surface area contributed by atoms with Crippen LogP contribution in [0.15, 0.2) is 42.5 Å². The SMILES string of the molecule is CC(Oc1ccc(Cl)cc1Cl)C(=O)NCc1ccc(C(=O)N(C)C(C)C)cc1. The van der Waals surface area contributed by atoms with Crippen molar-refractivity contribution in [1.29, 1.82) is 0 Å². The lowest BCUT2D eigenvalue weighted by molar-refractivity contribution is -0.127. The summed E-state index contributed by atoms with van der Waals surface area (Å²) < 4.78 is 5.60. The van der Waals surface area contributed by atoms with Crippen LogP contribution in [0.3, 0.4) is 0 Å². The number of carbonyl (C=O) groups is 2. The van der Waals surface area contributed by atoms with Crippen molar-refractivity contribution in [3.8, 4) is 5.75 Å². The van der Waals surface area contributed by atoms with Crippen LogP contribution in [0.4, 0.5) is 0 Å². The molecule has 0 fully saturated rings. The van der Waals surface area contributed by atoms with E-state index in [9.17, 15) is 9.59 Å². The zero-order valence-corrected chi connectivity index (χ0v) is 17.8. The number of halogens is 2. The lowest BCUT2D eigenvalue weighted by Gasteiger charge is -2.21. The molecule has 0 aromatic heterocycles. The number of carbonyl (C=O) groups excluding carboxylic acids is 2. The molecule has 0 heterocycles. The highest BCUT2D eigenvalue weighted by Crippen LogP contribution is 2.28. The predicted octanol–water partition coefficient (Wildman–Crippen LogP) is 4.56. The van der Waals surface area contributed by atoms with Gasteiger partial charge in [0.1, 0.15) is 5.75 Å². The van der Waals surface area contributed by atoms with Crippen LogP contribution in [0.1, 0.15) is 36.7 Å². The van der Waals surface area contributed by atoms with E-state index in [0.717, 1.165) is 5.56 Å². The van der Waals surface area contributed by atoms with Crippen LogP contribution in [0, 0.1) is 0 Å².